The average Bonchev–Trinajstić information content (AvgIpc) is 2.70. The molecule has 1 heterocycles. The van der Waals surface area contributed by atoms with Crippen molar-refractivity contribution in [2.24, 2.45) is 5.92 Å². The van der Waals surface area contributed by atoms with Crippen LogP contribution in [0.25, 0.3) is 0 Å². The molecule has 0 atom stereocenters. The minimum Gasteiger partial charge on any atom is -0.339 e. The Labute approximate surface area is 159 Å². The molecule has 0 spiro atoms. The Balaban J connectivity index is 1.58. The third-order valence-electron chi connectivity index (χ3n) is 4.69. The first-order valence-electron chi connectivity index (χ1n) is 8.65. The average molecular weight is 389 g/mol. The summed E-state index contributed by atoms with van der Waals surface area (Å²) in [6, 6.07) is 8.63. The highest BCUT2D eigenvalue weighted by Gasteiger charge is 2.29. The lowest BCUT2D eigenvalue weighted by atomic mass is 9.95. The van der Waals surface area contributed by atoms with Gasteiger partial charge in [-0.3, -0.25) is 19.7 Å². The lowest BCUT2D eigenvalue weighted by molar-refractivity contribution is -0.384. The van der Waals surface area contributed by atoms with Gasteiger partial charge >= 0.3 is 0 Å². The lowest BCUT2D eigenvalue weighted by Crippen LogP contribution is -2.41. The summed E-state index contributed by atoms with van der Waals surface area (Å²) in [5, 5.41) is 13.0. The topological polar surface area (TPSA) is 92.6 Å². The second-order valence-electron chi connectivity index (χ2n) is 6.46. The summed E-state index contributed by atoms with van der Waals surface area (Å²) in [6.07, 6.45) is 0.696. The summed E-state index contributed by atoms with van der Waals surface area (Å²) in [5.41, 5.74) is -0.258. The smallest absolute Gasteiger partial charge is 0.269 e. The van der Waals surface area contributed by atoms with E-state index in [1.165, 1.54) is 30.3 Å². The fourth-order valence-corrected chi connectivity index (χ4v) is 3.10. The molecule has 0 unspecified atom stereocenters. The van der Waals surface area contributed by atoms with Crippen molar-refractivity contribution in [3.63, 3.8) is 0 Å². The summed E-state index contributed by atoms with van der Waals surface area (Å²) in [4.78, 5) is 36.5. The molecule has 0 radical (unpaired) electrons. The van der Waals surface area contributed by atoms with E-state index in [1.54, 1.807) is 4.90 Å². The fraction of sp³-hybridized carbons (Fsp3) is 0.263. The number of non-ortho nitro benzene ring substituents is 1. The second kappa shape index (κ2) is 8.12. The predicted octanol–water partition coefficient (Wildman–Crippen LogP) is 3.36. The number of nitrogens with one attached hydrogen (secondary N) is 1. The van der Waals surface area contributed by atoms with Crippen LogP contribution in [-0.4, -0.2) is 34.7 Å². The molecule has 146 valence electrons. The number of halogens is 2. The maximum atomic E-state index is 13.7. The zero-order chi connectivity index (χ0) is 20.3. The van der Waals surface area contributed by atoms with E-state index in [9.17, 15) is 28.5 Å². The number of likely N-dealkylation sites (tertiary alicyclic amines) is 1. The van der Waals surface area contributed by atoms with Crippen LogP contribution in [0.3, 0.4) is 0 Å². The van der Waals surface area contributed by atoms with Gasteiger partial charge in [-0.15, -0.1) is 0 Å². The number of carbonyl (C=O) groups excluding carboxylic acids is 2. The summed E-state index contributed by atoms with van der Waals surface area (Å²) in [5.74, 6) is -2.95. The maximum absolute atomic E-state index is 13.7. The van der Waals surface area contributed by atoms with Crippen molar-refractivity contribution in [1.82, 2.24) is 4.90 Å². The number of para-hydroxylation sites is 1. The van der Waals surface area contributed by atoms with Gasteiger partial charge in [0.05, 0.1) is 4.92 Å². The third-order valence-corrected chi connectivity index (χ3v) is 4.69. The molecular weight excluding hydrogens is 372 g/mol. The highest BCUT2D eigenvalue weighted by atomic mass is 19.1. The van der Waals surface area contributed by atoms with Crippen molar-refractivity contribution in [3.05, 3.63) is 69.8 Å². The molecule has 1 N–H and O–H groups in total. The SMILES string of the molecule is O=C(Nc1c(F)cccc1F)C1CCN(C(=O)c2ccc([N+](=O)[O-])cc2)CC1. The number of carbonyl (C=O) groups is 2. The molecular formula is C19H17F2N3O4. The van der Waals surface area contributed by atoms with Crippen LogP contribution in [0.5, 0.6) is 0 Å². The van der Waals surface area contributed by atoms with Gasteiger partial charge in [-0.2, -0.15) is 0 Å². The van der Waals surface area contributed by atoms with Gasteiger partial charge in [0.15, 0.2) is 0 Å². The number of amides is 2. The number of piperidine rings is 1. The molecule has 0 saturated carbocycles. The van der Waals surface area contributed by atoms with E-state index in [-0.39, 0.29) is 11.6 Å². The van der Waals surface area contributed by atoms with Crippen LogP contribution >= 0.6 is 0 Å². The monoisotopic (exact) mass is 389 g/mol. The number of hydrogen-bond acceptors (Lipinski definition) is 4. The molecule has 1 fully saturated rings. The Morgan fingerprint density at radius 2 is 1.61 bits per heavy atom. The summed E-state index contributed by atoms with van der Waals surface area (Å²) in [7, 11) is 0. The highest BCUT2D eigenvalue weighted by Crippen LogP contribution is 2.24. The molecule has 1 aliphatic rings. The van der Waals surface area contributed by atoms with E-state index in [0.717, 1.165) is 12.1 Å². The lowest BCUT2D eigenvalue weighted by Gasteiger charge is -2.31. The van der Waals surface area contributed by atoms with Crippen LogP contribution in [0.2, 0.25) is 0 Å². The van der Waals surface area contributed by atoms with Gasteiger partial charge in [0.1, 0.15) is 17.3 Å². The molecule has 7 nitrogen and oxygen atoms in total. The molecule has 0 aliphatic carbocycles. The van der Waals surface area contributed by atoms with Crippen LogP contribution in [0, 0.1) is 27.7 Å². The normalized spacial score (nSPS) is 14.6. The van der Waals surface area contributed by atoms with E-state index >= 15 is 0 Å². The molecule has 28 heavy (non-hydrogen) atoms. The van der Waals surface area contributed by atoms with Gasteiger partial charge in [0.2, 0.25) is 5.91 Å². The van der Waals surface area contributed by atoms with Crippen molar-refractivity contribution in [2.75, 3.05) is 18.4 Å². The Morgan fingerprint density at radius 3 is 2.14 bits per heavy atom. The number of benzene rings is 2. The van der Waals surface area contributed by atoms with E-state index in [1.807, 2.05) is 0 Å². The van der Waals surface area contributed by atoms with Crippen molar-refractivity contribution < 1.29 is 23.3 Å². The number of rotatable bonds is 4. The van der Waals surface area contributed by atoms with Gasteiger partial charge in [-0.25, -0.2) is 8.78 Å². The molecule has 2 amide bonds. The zero-order valence-corrected chi connectivity index (χ0v) is 14.7. The number of nitrogens with zero attached hydrogens (tertiary/aromatic N) is 2. The third kappa shape index (κ3) is 4.13. The number of nitro benzene ring substituents is 1. The zero-order valence-electron chi connectivity index (χ0n) is 14.7. The molecule has 0 aromatic heterocycles. The molecule has 9 heteroatoms. The quantitative estimate of drug-likeness (QED) is 0.641. The number of nitro groups is 1. The van der Waals surface area contributed by atoms with Gasteiger partial charge < -0.3 is 10.2 Å². The van der Waals surface area contributed by atoms with E-state index in [4.69, 9.17) is 0 Å². The first-order valence-corrected chi connectivity index (χ1v) is 8.65. The van der Waals surface area contributed by atoms with Crippen molar-refractivity contribution >= 4 is 23.2 Å². The largest absolute Gasteiger partial charge is 0.339 e. The Hall–Kier alpha value is -3.36. The maximum Gasteiger partial charge on any atom is 0.269 e. The molecule has 3 rings (SSSR count). The van der Waals surface area contributed by atoms with Crippen LogP contribution < -0.4 is 5.32 Å². The Bertz CT molecular complexity index is 890. The number of hydrogen-bond donors (Lipinski definition) is 1. The van der Waals surface area contributed by atoms with Crippen LogP contribution in [0.15, 0.2) is 42.5 Å². The van der Waals surface area contributed by atoms with Crippen LogP contribution in [0.4, 0.5) is 20.2 Å². The van der Waals surface area contributed by atoms with Crippen LogP contribution in [-0.2, 0) is 4.79 Å². The minimum atomic E-state index is -0.848. The Morgan fingerprint density at radius 1 is 1.04 bits per heavy atom. The van der Waals surface area contributed by atoms with Crippen molar-refractivity contribution in [3.8, 4) is 0 Å². The van der Waals surface area contributed by atoms with E-state index in [2.05, 4.69) is 5.32 Å². The van der Waals surface area contributed by atoms with E-state index < -0.39 is 34.1 Å². The fourth-order valence-electron chi connectivity index (χ4n) is 3.10. The second-order valence-corrected chi connectivity index (χ2v) is 6.46. The van der Waals surface area contributed by atoms with Gasteiger partial charge in [-0.05, 0) is 37.1 Å². The summed E-state index contributed by atoms with van der Waals surface area (Å²) in [6.45, 7) is 0.599. The van der Waals surface area contributed by atoms with Crippen molar-refractivity contribution in [2.45, 2.75) is 12.8 Å². The van der Waals surface area contributed by atoms with Crippen LogP contribution in [0.1, 0.15) is 23.2 Å². The first-order chi connectivity index (χ1) is 13.4. The molecule has 1 aliphatic heterocycles. The summed E-state index contributed by atoms with van der Waals surface area (Å²) >= 11 is 0. The first kappa shape index (κ1) is 19.4. The molecule has 0 bridgehead atoms. The highest BCUT2D eigenvalue weighted by molar-refractivity contribution is 5.95. The van der Waals surface area contributed by atoms with Gasteiger partial charge in [0.25, 0.3) is 11.6 Å². The van der Waals surface area contributed by atoms with Gasteiger partial charge in [-0.1, -0.05) is 6.07 Å². The molecule has 2 aromatic carbocycles. The summed E-state index contributed by atoms with van der Waals surface area (Å²) < 4.78 is 27.3. The predicted molar refractivity (Wildman–Crippen MR) is 96.7 cm³/mol. The number of anilines is 1. The van der Waals surface area contributed by atoms with Crippen molar-refractivity contribution in [1.29, 1.82) is 0 Å². The molecule has 2 aromatic rings. The van der Waals surface area contributed by atoms with E-state index in [0.29, 0.717) is 31.5 Å². The molecule has 1 saturated heterocycles. The Kier molecular flexibility index (Phi) is 5.62. The minimum absolute atomic E-state index is 0.104. The standard InChI is InChI=1S/C19H17F2N3O4/c20-15-2-1-3-16(21)17(15)22-18(25)12-8-10-23(11-9-12)19(26)13-4-6-14(7-5-13)24(27)28/h1-7,12H,8-11H2,(H,22,25). The van der Waals surface area contributed by atoms with Gasteiger partial charge in [0, 0.05) is 36.7 Å².